The second kappa shape index (κ2) is 2.69. The Labute approximate surface area is 75.4 Å². The zero-order valence-corrected chi connectivity index (χ0v) is 7.57. The Hall–Kier alpha value is -1.65. The lowest BCUT2D eigenvalue weighted by molar-refractivity contribution is 0.825. The van der Waals surface area contributed by atoms with Gasteiger partial charge in [0.1, 0.15) is 11.8 Å². The number of nitrogen functional groups attached to an aromatic ring is 1. The molecule has 2 rings (SSSR count). The average molecular weight is 177 g/mol. The molecule has 2 aromatic heterocycles. The minimum absolute atomic E-state index is 0.338. The fourth-order valence-corrected chi connectivity index (χ4v) is 1.30. The molecule has 0 spiro atoms. The van der Waals surface area contributed by atoms with Crippen molar-refractivity contribution in [2.45, 2.75) is 19.8 Å². The number of nitrogens with one attached hydrogen (secondary N) is 1. The van der Waals surface area contributed by atoms with Crippen LogP contribution in [0.2, 0.25) is 0 Å². The van der Waals surface area contributed by atoms with Crippen LogP contribution in [0.1, 0.15) is 25.5 Å². The first kappa shape index (κ1) is 7.97. The topological polar surface area (TPSA) is 80.5 Å². The summed E-state index contributed by atoms with van der Waals surface area (Å²) in [7, 11) is 0. The van der Waals surface area contributed by atoms with Crippen LogP contribution in [0.4, 0.5) is 5.95 Å². The molecule has 0 radical (unpaired) electrons. The van der Waals surface area contributed by atoms with Crippen LogP contribution in [0.3, 0.4) is 0 Å². The van der Waals surface area contributed by atoms with Crippen molar-refractivity contribution in [2.24, 2.45) is 0 Å². The molecule has 0 aromatic carbocycles. The largest absolute Gasteiger partial charge is 0.369 e. The number of hydrogen-bond acceptors (Lipinski definition) is 4. The fraction of sp³-hybridized carbons (Fsp3) is 0.375. The summed E-state index contributed by atoms with van der Waals surface area (Å²) in [6.45, 7) is 4.14. The van der Waals surface area contributed by atoms with E-state index in [0.717, 1.165) is 11.2 Å². The van der Waals surface area contributed by atoms with E-state index in [4.69, 9.17) is 5.73 Å². The molecule has 0 bridgehead atoms. The lowest BCUT2D eigenvalue weighted by Crippen LogP contribution is -1.95. The maximum Gasteiger partial charge on any atom is 0.200 e. The van der Waals surface area contributed by atoms with Gasteiger partial charge in [-0.3, -0.25) is 0 Å². The number of aromatic amines is 1. The van der Waals surface area contributed by atoms with Crippen LogP contribution >= 0.6 is 0 Å². The molecule has 68 valence electrons. The van der Waals surface area contributed by atoms with Crippen molar-refractivity contribution in [2.75, 3.05) is 5.73 Å². The van der Waals surface area contributed by atoms with Gasteiger partial charge in [0, 0.05) is 0 Å². The molecule has 0 saturated carbocycles. The number of anilines is 1. The highest BCUT2D eigenvalue weighted by Crippen LogP contribution is 2.19. The maximum atomic E-state index is 5.53. The first-order valence-electron chi connectivity index (χ1n) is 4.14. The Morgan fingerprint density at radius 1 is 1.38 bits per heavy atom. The summed E-state index contributed by atoms with van der Waals surface area (Å²) in [6, 6.07) is 0. The molecule has 0 saturated heterocycles. The van der Waals surface area contributed by atoms with Crippen LogP contribution < -0.4 is 5.73 Å². The summed E-state index contributed by atoms with van der Waals surface area (Å²) in [6.07, 6.45) is 1.51. The van der Waals surface area contributed by atoms with Gasteiger partial charge in [0.15, 0.2) is 11.6 Å². The van der Waals surface area contributed by atoms with Crippen molar-refractivity contribution in [1.82, 2.24) is 19.9 Å². The Morgan fingerprint density at radius 2 is 2.15 bits per heavy atom. The standard InChI is InChI=1S/C8H11N5/c1-4(2)5-6-7(11-3-10-5)13-8(9)12-6/h3-4H,1-2H3,(H3,9,10,11,12,13). The third kappa shape index (κ3) is 1.22. The van der Waals surface area contributed by atoms with Gasteiger partial charge in [-0.25, -0.2) is 9.97 Å². The Bertz CT molecular complexity index is 431. The Kier molecular flexibility index (Phi) is 1.65. The molecule has 0 amide bonds. The Morgan fingerprint density at radius 3 is 2.85 bits per heavy atom. The van der Waals surface area contributed by atoms with Gasteiger partial charge in [0.25, 0.3) is 0 Å². The van der Waals surface area contributed by atoms with Gasteiger partial charge in [0.05, 0.1) is 5.69 Å². The molecule has 5 nitrogen and oxygen atoms in total. The number of rotatable bonds is 1. The highest BCUT2D eigenvalue weighted by molar-refractivity contribution is 5.75. The van der Waals surface area contributed by atoms with E-state index in [1.54, 1.807) is 0 Å². The average Bonchev–Trinajstić information content (AvgIpc) is 2.43. The van der Waals surface area contributed by atoms with Gasteiger partial charge < -0.3 is 10.7 Å². The van der Waals surface area contributed by atoms with Gasteiger partial charge in [-0.05, 0) is 5.92 Å². The predicted molar refractivity (Wildman–Crippen MR) is 50.2 cm³/mol. The first-order valence-corrected chi connectivity index (χ1v) is 4.14. The SMILES string of the molecule is CC(C)c1ncnc2nc(N)[nH]c12. The molecule has 0 fully saturated rings. The predicted octanol–water partition coefficient (Wildman–Crippen LogP) is 1.06. The summed E-state index contributed by atoms with van der Waals surface area (Å²) in [5, 5.41) is 0. The third-order valence-electron chi connectivity index (χ3n) is 1.88. The van der Waals surface area contributed by atoms with Crippen molar-refractivity contribution in [1.29, 1.82) is 0 Å². The molecule has 5 heteroatoms. The molecule has 2 aromatic rings. The minimum Gasteiger partial charge on any atom is -0.369 e. The van der Waals surface area contributed by atoms with Crippen molar-refractivity contribution in [3.05, 3.63) is 12.0 Å². The van der Waals surface area contributed by atoms with E-state index in [2.05, 4.69) is 33.8 Å². The number of H-pyrrole nitrogens is 1. The lowest BCUT2D eigenvalue weighted by atomic mass is 10.1. The highest BCUT2D eigenvalue weighted by atomic mass is 15.1. The Balaban J connectivity index is 2.75. The highest BCUT2D eigenvalue weighted by Gasteiger charge is 2.10. The van der Waals surface area contributed by atoms with Gasteiger partial charge in [0.2, 0.25) is 0 Å². The summed E-state index contributed by atoms with van der Waals surface area (Å²) in [5.41, 5.74) is 7.96. The molecule has 2 heterocycles. The van der Waals surface area contributed by atoms with E-state index < -0.39 is 0 Å². The molecular weight excluding hydrogens is 166 g/mol. The normalized spacial score (nSPS) is 11.3. The zero-order valence-electron chi connectivity index (χ0n) is 7.57. The van der Waals surface area contributed by atoms with Gasteiger partial charge in [-0.1, -0.05) is 13.8 Å². The number of nitrogens with zero attached hydrogens (tertiary/aromatic N) is 3. The van der Waals surface area contributed by atoms with E-state index in [-0.39, 0.29) is 0 Å². The van der Waals surface area contributed by atoms with Crippen LogP contribution in [0.5, 0.6) is 0 Å². The van der Waals surface area contributed by atoms with Crippen molar-refractivity contribution in [3.8, 4) is 0 Å². The number of fused-ring (bicyclic) bond motifs is 1. The fourth-order valence-electron chi connectivity index (χ4n) is 1.30. The molecule has 0 atom stereocenters. The van der Waals surface area contributed by atoms with E-state index in [1.165, 1.54) is 6.33 Å². The number of aromatic nitrogens is 4. The maximum absolute atomic E-state index is 5.53. The van der Waals surface area contributed by atoms with Gasteiger partial charge in [-0.15, -0.1) is 0 Å². The molecule has 0 aliphatic heterocycles. The molecule has 0 unspecified atom stereocenters. The first-order chi connectivity index (χ1) is 6.18. The molecule has 0 aliphatic rings. The third-order valence-corrected chi connectivity index (χ3v) is 1.88. The molecule has 0 aliphatic carbocycles. The van der Waals surface area contributed by atoms with E-state index >= 15 is 0 Å². The minimum atomic E-state index is 0.338. The van der Waals surface area contributed by atoms with Gasteiger partial charge in [-0.2, -0.15) is 4.98 Å². The molecule has 13 heavy (non-hydrogen) atoms. The van der Waals surface area contributed by atoms with Crippen LogP contribution in [-0.4, -0.2) is 19.9 Å². The van der Waals surface area contributed by atoms with Crippen LogP contribution in [-0.2, 0) is 0 Å². The summed E-state index contributed by atoms with van der Waals surface area (Å²) < 4.78 is 0. The summed E-state index contributed by atoms with van der Waals surface area (Å²) >= 11 is 0. The second-order valence-electron chi connectivity index (χ2n) is 3.23. The zero-order chi connectivity index (χ0) is 9.42. The van der Waals surface area contributed by atoms with Crippen LogP contribution in [0, 0.1) is 0 Å². The lowest BCUT2D eigenvalue weighted by Gasteiger charge is -2.02. The van der Waals surface area contributed by atoms with Gasteiger partial charge >= 0.3 is 0 Å². The van der Waals surface area contributed by atoms with E-state index in [1.807, 2.05) is 0 Å². The van der Waals surface area contributed by atoms with E-state index in [0.29, 0.717) is 17.5 Å². The number of nitrogens with two attached hydrogens (primary N) is 1. The van der Waals surface area contributed by atoms with Crippen LogP contribution in [0.15, 0.2) is 6.33 Å². The second-order valence-corrected chi connectivity index (χ2v) is 3.23. The van der Waals surface area contributed by atoms with Crippen LogP contribution in [0.25, 0.3) is 11.2 Å². The molecular formula is C8H11N5. The summed E-state index contributed by atoms with van der Waals surface area (Å²) in [4.78, 5) is 15.2. The number of hydrogen-bond donors (Lipinski definition) is 2. The number of imidazole rings is 1. The smallest absolute Gasteiger partial charge is 0.200 e. The quantitative estimate of drug-likeness (QED) is 0.682. The van der Waals surface area contributed by atoms with Crippen molar-refractivity contribution in [3.63, 3.8) is 0 Å². The monoisotopic (exact) mass is 177 g/mol. The molecule has 3 N–H and O–H groups in total. The van der Waals surface area contributed by atoms with Crippen molar-refractivity contribution >= 4 is 17.1 Å². The van der Waals surface area contributed by atoms with E-state index in [9.17, 15) is 0 Å². The van der Waals surface area contributed by atoms with Crippen molar-refractivity contribution < 1.29 is 0 Å². The summed E-state index contributed by atoms with van der Waals surface area (Å²) in [5.74, 6) is 0.725.